The van der Waals surface area contributed by atoms with Crippen LogP contribution in [-0.2, 0) is 0 Å². The van der Waals surface area contributed by atoms with Gasteiger partial charge in [-0.1, -0.05) is 22.0 Å². The van der Waals surface area contributed by atoms with Crippen LogP contribution in [0.15, 0.2) is 34.8 Å². The van der Waals surface area contributed by atoms with Crippen LogP contribution in [0.3, 0.4) is 0 Å². The summed E-state index contributed by atoms with van der Waals surface area (Å²) in [4.78, 5) is 8.76. The van der Waals surface area contributed by atoms with Gasteiger partial charge >= 0.3 is 0 Å². The number of nitrogens with one attached hydrogen (secondary N) is 3. The number of rotatable bonds is 6. The molecule has 6 heteroatoms. The van der Waals surface area contributed by atoms with Crippen LogP contribution in [0.2, 0.25) is 0 Å². The van der Waals surface area contributed by atoms with Crippen molar-refractivity contribution in [2.75, 3.05) is 30.8 Å². The second kappa shape index (κ2) is 7.21. The highest BCUT2D eigenvalue weighted by Gasteiger charge is 2.02. The van der Waals surface area contributed by atoms with Gasteiger partial charge in [-0.25, -0.2) is 9.97 Å². The number of likely N-dealkylation sites (N-methyl/N-ethyl adjacent to an activating group) is 1. The van der Waals surface area contributed by atoms with Crippen LogP contribution in [0.4, 0.5) is 17.3 Å². The largest absolute Gasteiger partial charge is 0.369 e. The highest BCUT2D eigenvalue weighted by Crippen LogP contribution is 2.20. The topological polar surface area (TPSA) is 61.9 Å². The first-order valence-corrected chi connectivity index (χ1v) is 7.23. The van der Waals surface area contributed by atoms with Crippen molar-refractivity contribution in [3.63, 3.8) is 0 Å². The van der Waals surface area contributed by atoms with Crippen LogP contribution in [-0.4, -0.2) is 30.1 Å². The maximum atomic E-state index is 4.39. The van der Waals surface area contributed by atoms with Gasteiger partial charge in [-0.15, -0.1) is 0 Å². The predicted octanol–water partition coefficient (Wildman–Crippen LogP) is 2.92. The molecule has 2 aromatic rings. The molecule has 2 rings (SSSR count). The van der Waals surface area contributed by atoms with E-state index in [9.17, 15) is 0 Å². The van der Waals surface area contributed by atoms with Crippen LogP contribution in [0.25, 0.3) is 0 Å². The lowest BCUT2D eigenvalue weighted by atomic mass is 10.3. The zero-order chi connectivity index (χ0) is 14.4. The summed E-state index contributed by atoms with van der Waals surface area (Å²) in [5, 5.41) is 9.63. The van der Waals surface area contributed by atoms with Crippen molar-refractivity contribution in [1.29, 1.82) is 0 Å². The van der Waals surface area contributed by atoms with Crippen molar-refractivity contribution in [2.45, 2.75) is 6.92 Å². The highest BCUT2D eigenvalue weighted by molar-refractivity contribution is 9.10. The van der Waals surface area contributed by atoms with E-state index in [1.165, 1.54) is 0 Å². The van der Waals surface area contributed by atoms with Gasteiger partial charge in [0.1, 0.15) is 17.5 Å². The molecule has 1 aromatic carbocycles. The van der Waals surface area contributed by atoms with E-state index in [0.717, 1.165) is 40.7 Å². The number of aryl methyl sites for hydroxylation is 1. The van der Waals surface area contributed by atoms with Crippen LogP contribution >= 0.6 is 15.9 Å². The molecular formula is C14H18BrN5. The predicted molar refractivity (Wildman–Crippen MR) is 86.6 cm³/mol. The summed E-state index contributed by atoms with van der Waals surface area (Å²) in [5.74, 6) is 2.34. The molecule has 3 N–H and O–H groups in total. The Balaban J connectivity index is 2.11. The molecule has 0 atom stereocenters. The molecule has 0 aliphatic carbocycles. The third-order valence-electron chi connectivity index (χ3n) is 2.62. The molecule has 1 aromatic heterocycles. The maximum Gasteiger partial charge on any atom is 0.136 e. The number of hydrogen-bond acceptors (Lipinski definition) is 5. The lowest BCUT2D eigenvalue weighted by Crippen LogP contribution is -2.18. The first kappa shape index (κ1) is 14.7. The number of aromatic nitrogens is 2. The minimum Gasteiger partial charge on any atom is -0.369 e. The summed E-state index contributed by atoms with van der Waals surface area (Å²) in [7, 11) is 1.92. The SMILES string of the molecule is CNCCNc1cc(Nc2cccc(Br)c2)nc(C)n1. The van der Waals surface area contributed by atoms with Crippen molar-refractivity contribution in [2.24, 2.45) is 0 Å². The number of halogens is 1. The van der Waals surface area contributed by atoms with Crippen molar-refractivity contribution < 1.29 is 0 Å². The van der Waals surface area contributed by atoms with Gasteiger partial charge in [0.15, 0.2) is 0 Å². The summed E-state index contributed by atoms with van der Waals surface area (Å²) in [6.45, 7) is 3.59. The summed E-state index contributed by atoms with van der Waals surface area (Å²) in [6, 6.07) is 9.87. The van der Waals surface area contributed by atoms with E-state index in [1.54, 1.807) is 0 Å². The van der Waals surface area contributed by atoms with E-state index in [0.29, 0.717) is 0 Å². The summed E-state index contributed by atoms with van der Waals surface area (Å²) in [5.41, 5.74) is 0.985. The van der Waals surface area contributed by atoms with Gasteiger partial charge in [-0.05, 0) is 32.2 Å². The summed E-state index contributed by atoms with van der Waals surface area (Å²) < 4.78 is 1.03. The van der Waals surface area contributed by atoms with Gasteiger partial charge in [0.25, 0.3) is 0 Å². The Morgan fingerprint density at radius 2 is 1.90 bits per heavy atom. The van der Waals surface area contributed by atoms with E-state index in [1.807, 2.05) is 44.3 Å². The van der Waals surface area contributed by atoms with E-state index < -0.39 is 0 Å². The summed E-state index contributed by atoms with van der Waals surface area (Å²) in [6.07, 6.45) is 0. The van der Waals surface area contributed by atoms with Gasteiger partial charge in [0.05, 0.1) is 0 Å². The molecule has 0 bridgehead atoms. The molecule has 0 aliphatic rings. The van der Waals surface area contributed by atoms with Crippen molar-refractivity contribution in [1.82, 2.24) is 15.3 Å². The molecule has 0 radical (unpaired) electrons. The normalized spacial score (nSPS) is 10.3. The Morgan fingerprint density at radius 3 is 2.65 bits per heavy atom. The fraction of sp³-hybridized carbons (Fsp3) is 0.286. The van der Waals surface area contributed by atoms with E-state index >= 15 is 0 Å². The fourth-order valence-electron chi connectivity index (χ4n) is 1.75. The average molecular weight is 336 g/mol. The van der Waals surface area contributed by atoms with Crippen LogP contribution in [0.1, 0.15) is 5.82 Å². The number of nitrogens with zero attached hydrogens (tertiary/aromatic N) is 2. The quantitative estimate of drug-likeness (QED) is 0.708. The van der Waals surface area contributed by atoms with E-state index in [2.05, 4.69) is 41.8 Å². The maximum absolute atomic E-state index is 4.39. The smallest absolute Gasteiger partial charge is 0.136 e. The molecule has 20 heavy (non-hydrogen) atoms. The van der Waals surface area contributed by atoms with Gasteiger partial charge < -0.3 is 16.0 Å². The first-order valence-electron chi connectivity index (χ1n) is 6.44. The average Bonchev–Trinajstić information content (AvgIpc) is 2.38. The lowest BCUT2D eigenvalue weighted by Gasteiger charge is -2.10. The zero-order valence-corrected chi connectivity index (χ0v) is 13.2. The van der Waals surface area contributed by atoms with Crippen molar-refractivity contribution >= 4 is 33.3 Å². The Kier molecular flexibility index (Phi) is 5.31. The number of anilines is 3. The molecule has 0 saturated carbocycles. The second-order valence-corrected chi connectivity index (χ2v) is 5.27. The Hall–Kier alpha value is -1.66. The molecule has 0 amide bonds. The van der Waals surface area contributed by atoms with Gasteiger partial charge in [-0.2, -0.15) is 0 Å². The fourth-order valence-corrected chi connectivity index (χ4v) is 2.15. The van der Waals surface area contributed by atoms with Crippen molar-refractivity contribution in [3.8, 4) is 0 Å². The highest BCUT2D eigenvalue weighted by atomic mass is 79.9. The zero-order valence-electron chi connectivity index (χ0n) is 11.6. The number of hydrogen-bond donors (Lipinski definition) is 3. The van der Waals surface area contributed by atoms with Gasteiger partial charge in [0.2, 0.25) is 0 Å². The van der Waals surface area contributed by atoms with Crippen LogP contribution < -0.4 is 16.0 Å². The third-order valence-corrected chi connectivity index (χ3v) is 3.11. The molecule has 0 spiro atoms. The standard InChI is InChI=1S/C14H18BrN5/c1-10-18-13(17-7-6-16-2)9-14(19-10)20-12-5-3-4-11(15)8-12/h3-5,8-9,16H,6-7H2,1-2H3,(H2,17,18,19,20). The van der Waals surface area contributed by atoms with Crippen molar-refractivity contribution in [3.05, 3.63) is 40.6 Å². The minimum absolute atomic E-state index is 0.733. The molecule has 106 valence electrons. The van der Waals surface area contributed by atoms with E-state index in [-0.39, 0.29) is 0 Å². The summed E-state index contributed by atoms with van der Waals surface area (Å²) >= 11 is 3.45. The van der Waals surface area contributed by atoms with Gasteiger partial charge in [-0.3, -0.25) is 0 Å². The minimum atomic E-state index is 0.733. The molecule has 0 fully saturated rings. The van der Waals surface area contributed by atoms with Crippen LogP contribution in [0.5, 0.6) is 0 Å². The molecule has 0 saturated heterocycles. The first-order chi connectivity index (χ1) is 9.67. The second-order valence-electron chi connectivity index (χ2n) is 4.35. The van der Waals surface area contributed by atoms with E-state index in [4.69, 9.17) is 0 Å². The molecule has 1 heterocycles. The third kappa shape index (κ3) is 4.47. The monoisotopic (exact) mass is 335 g/mol. The van der Waals surface area contributed by atoms with Gasteiger partial charge in [0, 0.05) is 29.3 Å². The lowest BCUT2D eigenvalue weighted by molar-refractivity contribution is 0.820. The Morgan fingerprint density at radius 1 is 1.10 bits per heavy atom. The van der Waals surface area contributed by atoms with Crippen LogP contribution in [0, 0.1) is 6.92 Å². The molecule has 0 unspecified atom stereocenters. The number of benzene rings is 1. The molecule has 5 nitrogen and oxygen atoms in total. The Bertz CT molecular complexity index is 573. The Labute approximate surface area is 127 Å². The molecular weight excluding hydrogens is 318 g/mol. The molecule has 0 aliphatic heterocycles.